The van der Waals surface area contributed by atoms with E-state index < -0.39 is 11.6 Å². The lowest BCUT2D eigenvalue weighted by Crippen LogP contribution is -2.11. The predicted molar refractivity (Wildman–Crippen MR) is 53.3 cm³/mol. The Bertz CT molecular complexity index is 313. The second-order valence-electron chi connectivity index (χ2n) is 3.12. The number of nitrogens with two attached hydrogens (primary N) is 1. The Morgan fingerprint density at radius 2 is 2.07 bits per heavy atom. The van der Waals surface area contributed by atoms with E-state index in [0.29, 0.717) is 25.1 Å². The fraction of sp³-hybridized carbons (Fsp3) is 0.400. The Morgan fingerprint density at radius 1 is 1.36 bits per heavy atom. The Hall–Kier alpha value is -1.16. The van der Waals surface area contributed by atoms with Gasteiger partial charge in [0, 0.05) is 6.54 Å². The summed E-state index contributed by atoms with van der Waals surface area (Å²) in [5.41, 5.74) is 5.65. The van der Waals surface area contributed by atoms with Crippen LogP contribution in [0.15, 0.2) is 12.1 Å². The quantitative estimate of drug-likeness (QED) is 0.730. The molecule has 4 heteroatoms. The van der Waals surface area contributed by atoms with Gasteiger partial charge in [0.15, 0.2) is 5.82 Å². The summed E-state index contributed by atoms with van der Waals surface area (Å²) in [7, 11) is 0. The summed E-state index contributed by atoms with van der Waals surface area (Å²) < 4.78 is 26.5. The molecule has 0 fully saturated rings. The summed E-state index contributed by atoms with van der Waals surface area (Å²) in [6, 6.07) is 2.67. The van der Waals surface area contributed by atoms with E-state index in [4.69, 9.17) is 5.73 Å². The molecular formula is C10H14F2N2. The number of aryl methyl sites for hydroxylation is 1. The van der Waals surface area contributed by atoms with Crippen LogP contribution in [0.25, 0.3) is 0 Å². The topological polar surface area (TPSA) is 38.0 Å². The largest absolute Gasteiger partial charge is 0.380 e. The van der Waals surface area contributed by atoms with Gasteiger partial charge in [0.2, 0.25) is 0 Å². The Morgan fingerprint density at radius 3 is 2.71 bits per heavy atom. The van der Waals surface area contributed by atoms with Gasteiger partial charge in [0.25, 0.3) is 0 Å². The highest BCUT2D eigenvalue weighted by molar-refractivity contribution is 5.48. The third-order valence-electron chi connectivity index (χ3n) is 1.97. The molecule has 0 aliphatic rings. The lowest BCUT2D eigenvalue weighted by Gasteiger charge is -2.09. The molecule has 0 unspecified atom stereocenters. The minimum atomic E-state index is -0.565. The number of rotatable bonds is 4. The van der Waals surface area contributed by atoms with Crippen LogP contribution >= 0.6 is 0 Å². The van der Waals surface area contributed by atoms with Gasteiger partial charge in [-0.2, -0.15) is 0 Å². The predicted octanol–water partition coefficient (Wildman–Crippen LogP) is 2.03. The minimum Gasteiger partial charge on any atom is -0.380 e. The molecule has 0 saturated carbocycles. The summed E-state index contributed by atoms with van der Waals surface area (Å²) in [6.45, 7) is 2.58. The maximum Gasteiger partial charge on any atom is 0.152 e. The summed E-state index contributed by atoms with van der Waals surface area (Å²) in [6.07, 6.45) is 0.687. The number of nitrogens with one attached hydrogen (secondary N) is 1. The highest BCUT2D eigenvalue weighted by Gasteiger charge is 2.09. The third kappa shape index (κ3) is 2.42. The van der Waals surface area contributed by atoms with Crippen LogP contribution in [0.1, 0.15) is 12.0 Å². The summed E-state index contributed by atoms with van der Waals surface area (Å²) in [4.78, 5) is 0. The van der Waals surface area contributed by atoms with Crippen LogP contribution in [-0.4, -0.2) is 13.1 Å². The summed E-state index contributed by atoms with van der Waals surface area (Å²) in [5.74, 6) is -1.09. The second-order valence-corrected chi connectivity index (χ2v) is 3.12. The van der Waals surface area contributed by atoms with Crippen LogP contribution in [0.4, 0.5) is 14.5 Å². The van der Waals surface area contributed by atoms with E-state index in [0.717, 1.165) is 0 Å². The molecule has 0 aliphatic heterocycles. The number of benzene rings is 1. The molecule has 3 N–H and O–H groups in total. The first-order chi connectivity index (χ1) is 6.66. The second kappa shape index (κ2) is 4.91. The molecule has 1 aromatic carbocycles. The number of hydrogen-bond acceptors (Lipinski definition) is 2. The zero-order valence-corrected chi connectivity index (χ0v) is 8.11. The van der Waals surface area contributed by atoms with Crippen molar-refractivity contribution in [3.05, 3.63) is 29.3 Å². The zero-order chi connectivity index (χ0) is 10.6. The molecule has 0 amide bonds. The van der Waals surface area contributed by atoms with Gasteiger partial charge in [-0.1, -0.05) is 6.07 Å². The first-order valence-electron chi connectivity index (χ1n) is 4.55. The summed E-state index contributed by atoms with van der Waals surface area (Å²) >= 11 is 0. The highest BCUT2D eigenvalue weighted by Crippen LogP contribution is 2.21. The van der Waals surface area contributed by atoms with Gasteiger partial charge in [0.1, 0.15) is 11.5 Å². The van der Waals surface area contributed by atoms with Gasteiger partial charge in [-0.05, 0) is 31.5 Å². The van der Waals surface area contributed by atoms with Crippen LogP contribution < -0.4 is 11.1 Å². The van der Waals surface area contributed by atoms with Gasteiger partial charge >= 0.3 is 0 Å². The van der Waals surface area contributed by atoms with E-state index in [2.05, 4.69) is 5.32 Å². The first-order valence-corrected chi connectivity index (χ1v) is 4.55. The van der Waals surface area contributed by atoms with Crippen molar-refractivity contribution >= 4 is 5.69 Å². The molecule has 0 aliphatic carbocycles. The van der Waals surface area contributed by atoms with Crippen molar-refractivity contribution in [3.63, 3.8) is 0 Å². The van der Waals surface area contributed by atoms with E-state index in [1.807, 2.05) is 0 Å². The first kappa shape index (κ1) is 10.9. The van der Waals surface area contributed by atoms with Crippen molar-refractivity contribution in [2.45, 2.75) is 13.3 Å². The minimum absolute atomic E-state index is 0.0570. The standard InChI is InChI=1S/C10H14F2N2/c1-7-3-4-8(11)10(9(7)12)14-6-2-5-13/h3-4,14H,2,5-6,13H2,1H3. The van der Waals surface area contributed by atoms with Gasteiger partial charge in [-0.25, -0.2) is 8.78 Å². The Balaban J connectivity index is 2.79. The molecule has 0 radical (unpaired) electrons. The van der Waals surface area contributed by atoms with Crippen molar-refractivity contribution in [2.24, 2.45) is 5.73 Å². The van der Waals surface area contributed by atoms with Crippen molar-refractivity contribution in [1.82, 2.24) is 0 Å². The van der Waals surface area contributed by atoms with Crippen molar-refractivity contribution in [1.29, 1.82) is 0 Å². The van der Waals surface area contributed by atoms with E-state index in [1.165, 1.54) is 12.1 Å². The van der Waals surface area contributed by atoms with Gasteiger partial charge in [-0.15, -0.1) is 0 Å². The van der Waals surface area contributed by atoms with Crippen LogP contribution in [0.3, 0.4) is 0 Å². The number of halogens is 2. The normalized spacial score (nSPS) is 10.3. The van der Waals surface area contributed by atoms with Crippen LogP contribution in [-0.2, 0) is 0 Å². The van der Waals surface area contributed by atoms with Crippen molar-refractivity contribution in [3.8, 4) is 0 Å². The molecule has 78 valence electrons. The van der Waals surface area contributed by atoms with Gasteiger partial charge in [0.05, 0.1) is 0 Å². The number of anilines is 1. The van der Waals surface area contributed by atoms with E-state index in [9.17, 15) is 8.78 Å². The fourth-order valence-electron chi connectivity index (χ4n) is 1.13. The van der Waals surface area contributed by atoms with Crippen molar-refractivity contribution < 1.29 is 8.78 Å². The van der Waals surface area contributed by atoms with Gasteiger partial charge in [-0.3, -0.25) is 0 Å². The third-order valence-corrected chi connectivity index (χ3v) is 1.97. The molecule has 0 bridgehead atoms. The molecule has 1 rings (SSSR count). The molecule has 2 nitrogen and oxygen atoms in total. The maximum absolute atomic E-state index is 13.4. The van der Waals surface area contributed by atoms with Crippen LogP contribution in [0.5, 0.6) is 0 Å². The molecule has 0 spiro atoms. The summed E-state index contributed by atoms with van der Waals surface area (Å²) in [5, 5.41) is 2.69. The molecular weight excluding hydrogens is 186 g/mol. The van der Waals surface area contributed by atoms with E-state index >= 15 is 0 Å². The molecule has 0 atom stereocenters. The highest BCUT2D eigenvalue weighted by atomic mass is 19.1. The maximum atomic E-state index is 13.4. The van der Waals surface area contributed by atoms with Gasteiger partial charge < -0.3 is 11.1 Å². The fourth-order valence-corrected chi connectivity index (χ4v) is 1.13. The van der Waals surface area contributed by atoms with E-state index in [1.54, 1.807) is 6.92 Å². The monoisotopic (exact) mass is 200 g/mol. The molecule has 0 aromatic heterocycles. The molecule has 0 heterocycles. The average Bonchev–Trinajstić information content (AvgIpc) is 2.18. The van der Waals surface area contributed by atoms with Crippen LogP contribution in [0, 0.1) is 18.6 Å². The molecule has 14 heavy (non-hydrogen) atoms. The van der Waals surface area contributed by atoms with Crippen LogP contribution in [0.2, 0.25) is 0 Å². The number of hydrogen-bond donors (Lipinski definition) is 2. The smallest absolute Gasteiger partial charge is 0.152 e. The lowest BCUT2D eigenvalue weighted by atomic mass is 10.2. The zero-order valence-electron chi connectivity index (χ0n) is 8.11. The Kier molecular flexibility index (Phi) is 3.83. The molecule has 1 aromatic rings. The SMILES string of the molecule is Cc1ccc(F)c(NCCCN)c1F. The lowest BCUT2D eigenvalue weighted by molar-refractivity contribution is 0.581. The molecule has 0 saturated heterocycles. The Labute approximate surface area is 82.1 Å². The van der Waals surface area contributed by atoms with E-state index in [-0.39, 0.29) is 5.69 Å². The van der Waals surface area contributed by atoms with Crippen molar-refractivity contribution in [2.75, 3.05) is 18.4 Å². The average molecular weight is 200 g/mol.